The molecule has 8 rings (SSSR count). The Bertz CT molecular complexity index is 2580. The van der Waals surface area contributed by atoms with Crippen molar-refractivity contribution in [2.45, 2.75) is 55.1 Å². The van der Waals surface area contributed by atoms with E-state index in [0.29, 0.717) is 0 Å². The summed E-state index contributed by atoms with van der Waals surface area (Å²) in [7, 11) is 0. The first-order chi connectivity index (χ1) is 26.0. The number of hydrogen-bond acceptors (Lipinski definition) is 3. The third-order valence-electron chi connectivity index (χ3n) is 10.2. The summed E-state index contributed by atoms with van der Waals surface area (Å²) in [4.78, 5) is 9.50. The monoisotopic (exact) mass is 767 g/mol. The summed E-state index contributed by atoms with van der Waals surface area (Å²) in [6, 6.07) is 49.6. The molecule has 268 valence electrons. The van der Waals surface area contributed by atoms with E-state index in [-0.39, 0.29) is 5.41 Å². The fraction of sp³-hybridized carbons (Fsp3) is 0.184. The minimum atomic E-state index is -1.58. The SMILES string of the molecule is CC(C)(C)c1ccccc1-c1cc(Oc2ccc3c4cc(-c5ccc(C[CH2][Ge]([CH3])([CH3])[CH3])cc5)ccc4n(-c4ccccn4)c3c2)cc(-c2ccccn2)c1. The normalized spacial score (nSPS) is 12.0. The van der Waals surface area contributed by atoms with Crippen LogP contribution in [0.2, 0.25) is 22.5 Å². The van der Waals surface area contributed by atoms with E-state index in [1.807, 2.05) is 42.7 Å². The first kappa shape index (κ1) is 35.6. The van der Waals surface area contributed by atoms with Crippen LogP contribution in [0.1, 0.15) is 31.9 Å². The zero-order valence-electron chi connectivity index (χ0n) is 32.1. The van der Waals surface area contributed by atoms with Gasteiger partial charge >= 0.3 is 152 Å². The Balaban J connectivity index is 1.22. The minimum absolute atomic E-state index is 0.0281. The number of ether oxygens (including phenoxy) is 1. The summed E-state index contributed by atoms with van der Waals surface area (Å²) in [6.45, 7) is 6.78. The summed E-state index contributed by atoms with van der Waals surface area (Å²) in [5.74, 6) is 9.86. The van der Waals surface area contributed by atoms with Crippen molar-refractivity contribution in [3.63, 3.8) is 0 Å². The van der Waals surface area contributed by atoms with Crippen LogP contribution in [0.4, 0.5) is 0 Å². The molecule has 0 fully saturated rings. The molecule has 0 aliphatic carbocycles. The van der Waals surface area contributed by atoms with Crippen LogP contribution in [0.25, 0.3) is 61.1 Å². The van der Waals surface area contributed by atoms with Gasteiger partial charge in [0, 0.05) is 18.0 Å². The second-order valence-electron chi connectivity index (χ2n) is 16.6. The Labute approximate surface area is 321 Å². The second-order valence-corrected chi connectivity index (χ2v) is 28.3. The van der Waals surface area contributed by atoms with E-state index in [1.54, 1.807) is 0 Å². The smallest absolute Gasteiger partial charge is 0.256 e. The molecule has 0 bridgehead atoms. The maximum absolute atomic E-state index is 6.81. The Morgan fingerprint density at radius 1 is 0.574 bits per heavy atom. The third-order valence-corrected chi connectivity index (χ3v) is 13.9. The molecule has 4 nitrogen and oxygen atoms in total. The third kappa shape index (κ3) is 7.49. The van der Waals surface area contributed by atoms with E-state index < -0.39 is 13.3 Å². The molecule has 5 aromatic carbocycles. The molecule has 0 N–H and O–H groups in total. The molecule has 0 atom stereocenters. The van der Waals surface area contributed by atoms with E-state index in [1.165, 1.54) is 44.9 Å². The summed E-state index contributed by atoms with van der Waals surface area (Å²) in [6.07, 6.45) is 4.86. The number of fused-ring (bicyclic) bond motifs is 3. The molecule has 3 aromatic heterocycles. The van der Waals surface area contributed by atoms with Crippen molar-refractivity contribution in [1.29, 1.82) is 0 Å². The predicted octanol–water partition coefficient (Wildman–Crippen LogP) is 13.5. The van der Waals surface area contributed by atoms with Crippen molar-refractivity contribution in [2.24, 2.45) is 0 Å². The van der Waals surface area contributed by atoms with Gasteiger partial charge in [0.25, 0.3) is 0 Å². The first-order valence-corrected chi connectivity index (χ1v) is 26.7. The molecule has 0 unspecified atom stereocenters. The quantitative estimate of drug-likeness (QED) is 0.137. The van der Waals surface area contributed by atoms with Gasteiger partial charge in [-0.25, -0.2) is 4.98 Å². The van der Waals surface area contributed by atoms with Crippen LogP contribution >= 0.6 is 0 Å². The molecule has 0 aliphatic heterocycles. The molecular formula is C49H47GeN3O. The van der Waals surface area contributed by atoms with Crippen LogP contribution in [0.5, 0.6) is 11.5 Å². The molecule has 0 spiro atoms. The van der Waals surface area contributed by atoms with E-state index in [9.17, 15) is 0 Å². The number of benzene rings is 5. The second kappa shape index (κ2) is 14.4. The Morgan fingerprint density at radius 2 is 1.30 bits per heavy atom. The average Bonchev–Trinajstić information content (AvgIpc) is 3.50. The van der Waals surface area contributed by atoms with Crippen LogP contribution in [0.15, 0.2) is 152 Å². The Hall–Kier alpha value is -5.46. The Kier molecular flexibility index (Phi) is 9.49. The maximum atomic E-state index is 6.81. The average molecular weight is 767 g/mol. The van der Waals surface area contributed by atoms with Gasteiger partial charge in [-0.1, -0.05) is 57.2 Å². The van der Waals surface area contributed by atoms with Crippen LogP contribution in [0, 0.1) is 0 Å². The standard InChI is InChI=1S/C49H47GeN3O/c1-49(2,3)44-14-8-7-13-41(44)37-29-38(45-15-9-11-27-51-45)31-40(30-37)54-39-22-23-42-43-32-36(35-19-17-34(18-20-35)25-26-50(4,5)6)21-24-46(43)53(47(42)33-39)48-16-10-12-28-52-48/h7-24,27-33H,25-26H2,1-6H3. The van der Waals surface area contributed by atoms with Crippen molar-refractivity contribution in [3.05, 3.63) is 163 Å². The molecule has 0 radical (unpaired) electrons. The van der Waals surface area contributed by atoms with E-state index in [2.05, 4.69) is 152 Å². The number of aryl methyl sites for hydroxylation is 1. The van der Waals surface area contributed by atoms with Crippen molar-refractivity contribution in [3.8, 4) is 50.8 Å². The van der Waals surface area contributed by atoms with Gasteiger partial charge in [-0.15, -0.1) is 0 Å². The van der Waals surface area contributed by atoms with Gasteiger partial charge in [0.15, 0.2) is 0 Å². The topological polar surface area (TPSA) is 39.9 Å². The number of rotatable bonds is 9. The first-order valence-electron chi connectivity index (χ1n) is 18.9. The van der Waals surface area contributed by atoms with Crippen LogP contribution in [-0.4, -0.2) is 27.8 Å². The molecular weight excluding hydrogens is 719 g/mol. The zero-order chi connectivity index (χ0) is 37.5. The van der Waals surface area contributed by atoms with Crippen molar-refractivity contribution in [1.82, 2.24) is 14.5 Å². The predicted molar refractivity (Wildman–Crippen MR) is 230 cm³/mol. The summed E-state index contributed by atoms with van der Waals surface area (Å²) in [5, 5.41) is 3.69. The van der Waals surface area contributed by atoms with Gasteiger partial charge in [0.2, 0.25) is 0 Å². The van der Waals surface area contributed by atoms with Gasteiger partial charge in [-0.05, 0) is 64.6 Å². The van der Waals surface area contributed by atoms with Gasteiger partial charge in [-0.3, -0.25) is 4.98 Å². The molecule has 0 aliphatic rings. The Morgan fingerprint density at radius 3 is 2.02 bits per heavy atom. The number of nitrogens with zero attached hydrogens (tertiary/aromatic N) is 3. The summed E-state index contributed by atoms with van der Waals surface area (Å²) in [5.41, 5.74) is 11.5. The molecule has 0 saturated heterocycles. The molecule has 0 saturated carbocycles. The molecule has 3 heterocycles. The van der Waals surface area contributed by atoms with Gasteiger partial charge in [0.05, 0.1) is 5.69 Å². The fourth-order valence-corrected chi connectivity index (χ4v) is 9.56. The fourth-order valence-electron chi connectivity index (χ4n) is 7.38. The molecule has 54 heavy (non-hydrogen) atoms. The summed E-state index contributed by atoms with van der Waals surface area (Å²) >= 11 is -1.58. The number of aromatic nitrogens is 3. The number of pyridine rings is 2. The van der Waals surface area contributed by atoms with Crippen molar-refractivity contribution >= 4 is 35.1 Å². The van der Waals surface area contributed by atoms with Crippen LogP contribution in [0.3, 0.4) is 0 Å². The molecule has 5 heteroatoms. The summed E-state index contributed by atoms with van der Waals surface area (Å²) < 4.78 is 9.06. The van der Waals surface area contributed by atoms with E-state index in [4.69, 9.17) is 14.7 Å². The van der Waals surface area contributed by atoms with Crippen LogP contribution in [-0.2, 0) is 11.8 Å². The zero-order valence-corrected chi connectivity index (χ0v) is 34.2. The van der Waals surface area contributed by atoms with Crippen molar-refractivity contribution < 1.29 is 4.74 Å². The van der Waals surface area contributed by atoms with Gasteiger partial charge in [0.1, 0.15) is 11.5 Å². The van der Waals surface area contributed by atoms with Crippen molar-refractivity contribution in [2.75, 3.05) is 0 Å². The van der Waals surface area contributed by atoms with E-state index >= 15 is 0 Å². The van der Waals surface area contributed by atoms with Crippen LogP contribution < -0.4 is 4.74 Å². The van der Waals surface area contributed by atoms with Gasteiger partial charge < -0.3 is 4.74 Å². The molecule has 8 aromatic rings. The molecule has 0 amide bonds. The van der Waals surface area contributed by atoms with Gasteiger partial charge in [-0.2, -0.15) is 0 Å². The van der Waals surface area contributed by atoms with E-state index in [0.717, 1.165) is 50.6 Å². The minimum Gasteiger partial charge on any atom is -0.256 e. The number of hydrogen-bond donors (Lipinski definition) is 0.